The third kappa shape index (κ3) is 2.26. The first kappa shape index (κ1) is 12.0. The second kappa shape index (κ2) is 4.93. The van der Waals surface area contributed by atoms with E-state index in [4.69, 9.17) is 0 Å². The van der Waals surface area contributed by atoms with Crippen LogP contribution in [0, 0.1) is 5.92 Å². The summed E-state index contributed by atoms with van der Waals surface area (Å²) in [6.45, 7) is 3.74. The Kier molecular flexibility index (Phi) is 3.29. The fourth-order valence-corrected chi connectivity index (χ4v) is 4.87. The van der Waals surface area contributed by atoms with Crippen LogP contribution in [0.5, 0.6) is 0 Å². The Morgan fingerprint density at radius 3 is 2.33 bits per heavy atom. The van der Waals surface area contributed by atoms with Gasteiger partial charge in [0.15, 0.2) is 5.78 Å². The zero-order valence-electron chi connectivity index (χ0n) is 10.5. The molecule has 1 aromatic rings. The molecule has 2 atom stereocenters. The minimum Gasteiger partial charge on any atom is -0.294 e. The lowest BCUT2D eigenvalue weighted by Gasteiger charge is -2.26. The maximum atomic E-state index is 12.5. The predicted molar refractivity (Wildman–Crippen MR) is 78.0 cm³/mol. The van der Waals surface area contributed by atoms with Crippen molar-refractivity contribution < 1.29 is 4.79 Å². The van der Waals surface area contributed by atoms with E-state index in [0.29, 0.717) is 5.78 Å². The Balaban J connectivity index is 1.75. The van der Waals surface area contributed by atoms with Crippen molar-refractivity contribution in [1.82, 2.24) is 0 Å². The maximum absolute atomic E-state index is 12.5. The highest BCUT2D eigenvalue weighted by Gasteiger charge is 2.37. The zero-order valence-corrected chi connectivity index (χ0v) is 11.3. The SMILES string of the molecule is C=Cc1ccc(C(=O)C2CC3CCC(C2)S3)cc1. The van der Waals surface area contributed by atoms with E-state index in [1.165, 1.54) is 12.8 Å². The van der Waals surface area contributed by atoms with Crippen LogP contribution in [0.25, 0.3) is 6.08 Å². The standard InChI is InChI=1S/C16H18OS/c1-2-11-3-5-12(6-4-11)16(17)13-9-14-7-8-15(10-13)18-14/h2-6,13-15H,1,7-10H2. The van der Waals surface area contributed by atoms with Gasteiger partial charge >= 0.3 is 0 Å². The van der Waals surface area contributed by atoms with Gasteiger partial charge in [-0.1, -0.05) is 36.9 Å². The molecule has 2 heteroatoms. The van der Waals surface area contributed by atoms with Gasteiger partial charge in [-0.15, -0.1) is 0 Å². The van der Waals surface area contributed by atoms with Crippen LogP contribution in [0.15, 0.2) is 30.8 Å². The number of Topliss-reactive ketones (excluding diaryl/α,β-unsaturated/α-hetero) is 1. The summed E-state index contributed by atoms with van der Waals surface area (Å²) in [5.41, 5.74) is 1.95. The van der Waals surface area contributed by atoms with Crippen LogP contribution in [-0.4, -0.2) is 16.3 Å². The number of benzene rings is 1. The largest absolute Gasteiger partial charge is 0.294 e. The van der Waals surface area contributed by atoms with Gasteiger partial charge in [0.05, 0.1) is 0 Å². The smallest absolute Gasteiger partial charge is 0.166 e. The molecule has 94 valence electrons. The molecule has 2 bridgehead atoms. The lowest BCUT2D eigenvalue weighted by Crippen LogP contribution is -2.24. The van der Waals surface area contributed by atoms with E-state index in [1.54, 1.807) is 0 Å². The van der Waals surface area contributed by atoms with E-state index in [0.717, 1.165) is 34.5 Å². The van der Waals surface area contributed by atoms with Crippen LogP contribution < -0.4 is 0 Å². The maximum Gasteiger partial charge on any atom is 0.166 e. The molecule has 2 unspecified atom stereocenters. The molecule has 2 aliphatic heterocycles. The van der Waals surface area contributed by atoms with E-state index in [2.05, 4.69) is 18.3 Å². The molecule has 2 aliphatic rings. The van der Waals surface area contributed by atoms with Gasteiger partial charge in [-0.3, -0.25) is 4.79 Å². The van der Waals surface area contributed by atoms with Crippen LogP contribution in [0.4, 0.5) is 0 Å². The Labute approximate surface area is 113 Å². The lowest BCUT2D eigenvalue weighted by atomic mass is 9.90. The molecule has 1 nitrogen and oxygen atoms in total. The minimum atomic E-state index is 0.262. The highest BCUT2D eigenvalue weighted by Crippen LogP contribution is 2.46. The summed E-state index contributed by atoms with van der Waals surface area (Å²) in [6, 6.07) is 7.85. The van der Waals surface area contributed by atoms with Crippen molar-refractivity contribution in [2.24, 2.45) is 5.92 Å². The lowest BCUT2D eigenvalue weighted by molar-refractivity contribution is 0.0907. The Morgan fingerprint density at radius 1 is 1.17 bits per heavy atom. The predicted octanol–water partition coefficient (Wildman–Crippen LogP) is 4.19. The third-order valence-electron chi connectivity index (χ3n) is 4.09. The van der Waals surface area contributed by atoms with Crippen molar-refractivity contribution in [3.05, 3.63) is 42.0 Å². The molecular weight excluding hydrogens is 240 g/mol. The minimum absolute atomic E-state index is 0.262. The molecule has 2 fully saturated rings. The number of rotatable bonds is 3. The van der Waals surface area contributed by atoms with Gasteiger partial charge in [-0.2, -0.15) is 11.8 Å². The molecular formula is C16H18OS. The summed E-state index contributed by atoms with van der Waals surface area (Å²) in [4.78, 5) is 12.5. The van der Waals surface area contributed by atoms with Gasteiger partial charge in [0.25, 0.3) is 0 Å². The van der Waals surface area contributed by atoms with Gasteiger partial charge in [0.2, 0.25) is 0 Å². The first-order valence-electron chi connectivity index (χ1n) is 6.68. The van der Waals surface area contributed by atoms with Gasteiger partial charge in [0.1, 0.15) is 0 Å². The van der Waals surface area contributed by atoms with E-state index in [-0.39, 0.29) is 5.92 Å². The summed E-state index contributed by atoms with van der Waals surface area (Å²) in [6.07, 6.45) is 6.61. The van der Waals surface area contributed by atoms with E-state index < -0.39 is 0 Å². The summed E-state index contributed by atoms with van der Waals surface area (Å²) in [5, 5.41) is 1.48. The number of hydrogen-bond acceptors (Lipinski definition) is 2. The van der Waals surface area contributed by atoms with E-state index in [9.17, 15) is 4.79 Å². The molecule has 0 aromatic heterocycles. The number of carbonyl (C=O) groups excluding carboxylic acids is 1. The van der Waals surface area contributed by atoms with Gasteiger partial charge in [-0.25, -0.2) is 0 Å². The third-order valence-corrected chi connectivity index (χ3v) is 5.72. The summed E-state index contributed by atoms with van der Waals surface area (Å²) in [7, 11) is 0. The topological polar surface area (TPSA) is 17.1 Å². The number of thioether (sulfide) groups is 1. The highest BCUT2D eigenvalue weighted by atomic mass is 32.2. The molecule has 0 amide bonds. The second-order valence-electron chi connectivity index (χ2n) is 5.32. The Morgan fingerprint density at radius 2 is 1.78 bits per heavy atom. The van der Waals surface area contributed by atoms with Gasteiger partial charge in [0, 0.05) is 22.0 Å². The van der Waals surface area contributed by atoms with Gasteiger partial charge in [-0.05, 0) is 31.2 Å². The van der Waals surface area contributed by atoms with Crippen molar-refractivity contribution in [3.63, 3.8) is 0 Å². The molecule has 18 heavy (non-hydrogen) atoms. The van der Waals surface area contributed by atoms with Crippen molar-refractivity contribution in [1.29, 1.82) is 0 Å². The molecule has 0 spiro atoms. The first-order valence-corrected chi connectivity index (χ1v) is 7.62. The molecule has 3 rings (SSSR count). The van der Waals surface area contributed by atoms with Crippen LogP contribution in [0.1, 0.15) is 41.6 Å². The Hall–Kier alpha value is -1.02. The van der Waals surface area contributed by atoms with Crippen molar-refractivity contribution in [2.75, 3.05) is 0 Å². The normalized spacial score (nSPS) is 30.1. The quantitative estimate of drug-likeness (QED) is 0.756. The Bertz CT molecular complexity index is 450. The fraction of sp³-hybridized carbons (Fsp3) is 0.438. The number of hydrogen-bond donors (Lipinski definition) is 0. The van der Waals surface area contributed by atoms with Crippen molar-refractivity contribution >= 4 is 23.6 Å². The summed E-state index contributed by atoms with van der Waals surface area (Å²) in [5.74, 6) is 0.612. The average Bonchev–Trinajstić information content (AvgIpc) is 2.77. The summed E-state index contributed by atoms with van der Waals surface area (Å²) < 4.78 is 0. The fourth-order valence-electron chi connectivity index (χ4n) is 3.09. The molecule has 2 heterocycles. The molecule has 0 N–H and O–H groups in total. The molecule has 0 saturated carbocycles. The summed E-state index contributed by atoms with van der Waals surface area (Å²) >= 11 is 2.11. The molecule has 2 saturated heterocycles. The van der Waals surface area contributed by atoms with E-state index >= 15 is 0 Å². The first-order chi connectivity index (χ1) is 8.76. The molecule has 0 aliphatic carbocycles. The zero-order chi connectivity index (χ0) is 12.5. The molecule has 1 aromatic carbocycles. The number of fused-ring (bicyclic) bond motifs is 2. The molecule has 0 radical (unpaired) electrons. The van der Waals surface area contributed by atoms with Crippen LogP contribution in [0.3, 0.4) is 0 Å². The average molecular weight is 258 g/mol. The van der Waals surface area contributed by atoms with Crippen molar-refractivity contribution in [2.45, 2.75) is 36.2 Å². The van der Waals surface area contributed by atoms with Crippen molar-refractivity contribution in [3.8, 4) is 0 Å². The highest BCUT2D eigenvalue weighted by molar-refractivity contribution is 8.00. The number of carbonyl (C=O) groups is 1. The second-order valence-corrected chi connectivity index (χ2v) is 6.92. The monoisotopic (exact) mass is 258 g/mol. The van der Waals surface area contributed by atoms with Crippen LogP contribution >= 0.6 is 11.8 Å². The van der Waals surface area contributed by atoms with E-state index in [1.807, 2.05) is 30.3 Å². The number of ketones is 1. The van der Waals surface area contributed by atoms with Crippen LogP contribution in [0.2, 0.25) is 0 Å². The van der Waals surface area contributed by atoms with Gasteiger partial charge < -0.3 is 0 Å². The van der Waals surface area contributed by atoms with Crippen LogP contribution in [-0.2, 0) is 0 Å².